The van der Waals surface area contributed by atoms with Crippen LogP contribution in [0.2, 0.25) is 0 Å². The Kier molecular flexibility index (Phi) is 4.49. The first kappa shape index (κ1) is 14.3. The van der Waals surface area contributed by atoms with Gasteiger partial charge < -0.3 is 5.32 Å². The molecule has 0 spiro atoms. The van der Waals surface area contributed by atoms with Crippen molar-refractivity contribution in [1.82, 2.24) is 14.8 Å². The van der Waals surface area contributed by atoms with E-state index in [-0.39, 0.29) is 0 Å². The van der Waals surface area contributed by atoms with Gasteiger partial charge in [-0.25, -0.2) is 0 Å². The van der Waals surface area contributed by atoms with Crippen LogP contribution in [0, 0.1) is 0 Å². The number of nitrogens with zero attached hydrogens (tertiary/aromatic N) is 3. The molecule has 1 heterocycles. The number of anilines is 2. The van der Waals surface area contributed by atoms with Crippen LogP contribution in [-0.2, 0) is 6.54 Å². The first-order valence-corrected chi connectivity index (χ1v) is 7.69. The Hall–Kier alpha value is -2.62. The third kappa shape index (κ3) is 3.17. The van der Waals surface area contributed by atoms with E-state index < -0.39 is 0 Å². The second-order valence-corrected chi connectivity index (χ2v) is 5.21. The maximum absolute atomic E-state index is 4.39. The van der Waals surface area contributed by atoms with Gasteiger partial charge in [-0.3, -0.25) is 4.57 Å². The highest BCUT2D eigenvalue weighted by atomic mass is 15.3. The summed E-state index contributed by atoms with van der Waals surface area (Å²) in [4.78, 5) is 0. The van der Waals surface area contributed by atoms with E-state index in [1.807, 2.05) is 48.5 Å². The molecule has 0 amide bonds. The lowest BCUT2D eigenvalue weighted by Crippen LogP contribution is -2.05. The number of hydrogen-bond donors (Lipinski definition) is 1. The van der Waals surface area contributed by atoms with Gasteiger partial charge in [0.05, 0.1) is 0 Å². The minimum atomic E-state index is 0.790. The van der Waals surface area contributed by atoms with E-state index >= 15 is 0 Å². The molecular weight excluding hydrogens is 272 g/mol. The molecule has 0 bridgehead atoms. The number of rotatable bonds is 6. The van der Waals surface area contributed by atoms with Crippen LogP contribution in [0.1, 0.15) is 19.8 Å². The van der Waals surface area contributed by atoms with Gasteiger partial charge >= 0.3 is 0 Å². The van der Waals surface area contributed by atoms with E-state index in [0.717, 1.165) is 42.4 Å². The van der Waals surface area contributed by atoms with Crippen molar-refractivity contribution in [3.63, 3.8) is 0 Å². The molecule has 0 fully saturated rings. The van der Waals surface area contributed by atoms with Crippen LogP contribution in [0.25, 0.3) is 11.4 Å². The van der Waals surface area contributed by atoms with Crippen molar-refractivity contribution in [3.05, 3.63) is 60.7 Å². The fourth-order valence-electron chi connectivity index (χ4n) is 2.37. The zero-order valence-electron chi connectivity index (χ0n) is 12.7. The number of aromatic nitrogens is 3. The SMILES string of the molecule is CCCCn1c(Nc2ccccc2)nnc1-c1ccccc1. The Labute approximate surface area is 130 Å². The predicted molar refractivity (Wildman–Crippen MR) is 90.1 cm³/mol. The van der Waals surface area contributed by atoms with E-state index in [9.17, 15) is 0 Å². The first-order valence-electron chi connectivity index (χ1n) is 7.69. The highest BCUT2D eigenvalue weighted by Crippen LogP contribution is 2.23. The van der Waals surface area contributed by atoms with Crippen molar-refractivity contribution in [1.29, 1.82) is 0 Å². The zero-order chi connectivity index (χ0) is 15.2. The normalized spacial score (nSPS) is 10.6. The molecule has 3 aromatic rings. The van der Waals surface area contributed by atoms with Gasteiger partial charge in [-0.2, -0.15) is 0 Å². The van der Waals surface area contributed by atoms with Crippen LogP contribution in [-0.4, -0.2) is 14.8 Å². The largest absolute Gasteiger partial charge is 0.324 e. The van der Waals surface area contributed by atoms with Gasteiger partial charge in [-0.15, -0.1) is 10.2 Å². The summed E-state index contributed by atoms with van der Waals surface area (Å²) in [6.45, 7) is 3.10. The van der Waals surface area contributed by atoms with Crippen LogP contribution in [0.15, 0.2) is 60.7 Å². The summed E-state index contributed by atoms with van der Waals surface area (Å²) in [5, 5.41) is 12.1. The zero-order valence-corrected chi connectivity index (χ0v) is 12.7. The average molecular weight is 292 g/mol. The molecule has 0 atom stereocenters. The molecule has 0 aliphatic rings. The Morgan fingerprint density at radius 1 is 0.909 bits per heavy atom. The highest BCUT2D eigenvalue weighted by molar-refractivity contribution is 5.60. The number of hydrogen-bond acceptors (Lipinski definition) is 3. The maximum atomic E-state index is 4.39. The second-order valence-electron chi connectivity index (χ2n) is 5.21. The minimum Gasteiger partial charge on any atom is -0.324 e. The molecule has 0 unspecified atom stereocenters. The van der Waals surface area contributed by atoms with E-state index in [4.69, 9.17) is 0 Å². The van der Waals surface area contributed by atoms with Crippen molar-refractivity contribution < 1.29 is 0 Å². The van der Waals surface area contributed by atoms with Gasteiger partial charge in [0, 0.05) is 17.8 Å². The van der Waals surface area contributed by atoms with Crippen LogP contribution < -0.4 is 5.32 Å². The Morgan fingerprint density at radius 3 is 2.27 bits per heavy atom. The molecule has 4 heteroatoms. The molecule has 1 N–H and O–H groups in total. The molecule has 2 aromatic carbocycles. The average Bonchev–Trinajstić information content (AvgIpc) is 2.97. The van der Waals surface area contributed by atoms with Gasteiger partial charge in [-0.1, -0.05) is 61.9 Å². The number of unbranched alkanes of at least 4 members (excludes halogenated alkanes) is 1. The standard InChI is InChI=1S/C18H20N4/c1-2-3-14-22-17(15-10-6-4-7-11-15)20-21-18(22)19-16-12-8-5-9-13-16/h4-13H,2-3,14H2,1H3,(H,19,21). The fourth-order valence-corrected chi connectivity index (χ4v) is 2.37. The summed E-state index contributed by atoms with van der Waals surface area (Å²) in [7, 11) is 0. The van der Waals surface area contributed by atoms with Crippen molar-refractivity contribution in [2.75, 3.05) is 5.32 Å². The van der Waals surface area contributed by atoms with E-state index in [1.165, 1.54) is 0 Å². The summed E-state index contributed by atoms with van der Waals surface area (Å²) in [5.41, 5.74) is 2.11. The Bertz CT molecular complexity index is 704. The van der Waals surface area contributed by atoms with Crippen LogP contribution >= 0.6 is 0 Å². The van der Waals surface area contributed by atoms with Gasteiger partial charge in [0.1, 0.15) is 0 Å². The second kappa shape index (κ2) is 6.89. The molecule has 112 valence electrons. The predicted octanol–water partition coefficient (Wildman–Crippen LogP) is 4.49. The van der Waals surface area contributed by atoms with Crippen LogP contribution in [0.3, 0.4) is 0 Å². The van der Waals surface area contributed by atoms with E-state index in [0.29, 0.717) is 0 Å². The van der Waals surface area contributed by atoms with Gasteiger partial charge in [0.25, 0.3) is 0 Å². The van der Waals surface area contributed by atoms with Crippen LogP contribution in [0.4, 0.5) is 11.6 Å². The fraction of sp³-hybridized carbons (Fsp3) is 0.222. The molecular formula is C18H20N4. The summed E-state index contributed by atoms with van der Waals surface area (Å²) >= 11 is 0. The Morgan fingerprint density at radius 2 is 1.59 bits per heavy atom. The lowest BCUT2D eigenvalue weighted by Gasteiger charge is -2.11. The van der Waals surface area contributed by atoms with Gasteiger partial charge in [-0.05, 0) is 18.6 Å². The lowest BCUT2D eigenvalue weighted by molar-refractivity contribution is 0.641. The number of benzene rings is 2. The highest BCUT2D eigenvalue weighted by Gasteiger charge is 2.13. The van der Waals surface area contributed by atoms with Gasteiger partial charge in [0.2, 0.25) is 5.95 Å². The lowest BCUT2D eigenvalue weighted by atomic mass is 10.2. The first-order chi connectivity index (χ1) is 10.9. The molecule has 0 saturated heterocycles. The smallest absolute Gasteiger partial charge is 0.229 e. The molecule has 0 saturated carbocycles. The summed E-state index contributed by atoms with van der Waals surface area (Å²) < 4.78 is 2.16. The number of nitrogens with one attached hydrogen (secondary N) is 1. The van der Waals surface area contributed by atoms with Crippen LogP contribution in [0.5, 0.6) is 0 Å². The third-order valence-corrected chi connectivity index (χ3v) is 3.55. The van der Waals surface area contributed by atoms with Crippen molar-refractivity contribution in [3.8, 4) is 11.4 Å². The molecule has 4 nitrogen and oxygen atoms in total. The molecule has 22 heavy (non-hydrogen) atoms. The molecule has 0 radical (unpaired) electrons. The molecule has 1 aromatic heterocycles. The van der Waals surface area contributed by atoms with E-state index in [1.54, 1.807) is 0 Å². The Balaban J connectivity index is 1.94. The molecule has 0 aliphatic heterocycles. The molecule has 3 rings (SSSR count). The maximum Gasteiger partial charge on any atom is 0.229 e. The summed E-state index contributed by atoms with van der Waals surface area (Å²) in [6, 6.07) is 20.3. The van der Waals surface area contributed by atoms with Crippen molar-refractivity contribution in [2.24, 2.45) is 0 Å². The third-order valence-electron chi connectivity index (χ3n) is 3.55. The van der Waals surface area contributed by atoms with Gasteiger partial charge in [0.15, 0.2) is 5.82 Å². The van der Waals surface area contributed by atoms with Crippen molar-refractivity contribution >= 4 is 11.6 Å². The molecule has 0 aliphatic carbocycles. The van der Waals surface area contributed by atoms with Crippen molar-refractivity contribution in [2.45, 2.75) is 26.3 Å². The number of para-hydroxylation sites is 1. The van der Waals surface area contributed by atoms with E-state index in [2.05, 4.69) is 39.1 Å². The monoisotopic (exact) mass is 292 g/mol. The quantitative estimate of drug-likeness (QED) is 0.728. The summed E-state index contributed by atoms with van der Waals surface area (Å²) in [6.07, 6.45) is 2.23. The minimum absolute atomic E-state index is 0.790. The summed E-state index contributed by atoms with van der Waals surface area (Å²) in [5.74, 6) is 1.70. The topological polar surface area (TPSA) is 42.7 Å².